The van der Waals surface area contributed by atoms with E-state index < -0.39 is 0 Å². The Morgan fingerprint density at radius 3 is 2.59 bits per heavy atom. The molecule has 0 fully saturated rings. The van der Waals surface area contributed by atoms with E-state index in [0.29, 0.717) is 24.5 Å². The molecule has 1 heterocycles. The van der Waals surface area contributed by atoms with Gasteiger partial charge in [-0.3, -0.25) is 9.59 Å². The minimum Gasteiger partial charge on any atom is -0.326 e. The van der Waals surface area contributed by atoms with E-state index in [-0.39, 0.29) is 11.7 Å². The van der Waals surface area contributed by atoms with Crippen LogP contribution in [0.1, 0.15) is 57.0 Å². The molecule has 0 saturated carbocycles. The lowest BCUT2D eigenvalue weighted by molar-refractivity contribution is -0.116. The number of carbonyl (C=O) groups is 2. The van der Waals surface area contributed by atoms with Crippen LogP contribution < -0.4 is 5.32 Å². The molecule has 2 rings (SSSR count). The Morgan fingerprint density at radius 2 is 1.96 bits per heavy atom. The molecule has 0 bridgehead atoms. The Kier molecular flexibility index (Phi) is 7.59. The number of thioether (sulfide) groups is 1. The third-order valence-corrected chi connectivity index (χ3v) is 5.27. The minimum absolute atomic E-state index is 0.0306. The number of anilines is 1. The Bertz CT molecular complexity index is 814. The number of aromatic nitrogens is 3. The van der Waals surface area contributed by atoms with Gasteiger partial charge in [-0.25, -0.2) is 0 Å². The van der Waals surface area contributed by atoms with Gasteiger partial charge in [0.1, 0.15) is 11.6 Å². The summed E-state index contributed by atoms with van der Waals surface area (Å²) >= 11 is 1.43. The molecule has 27 heavy (non-hydrogen) atoms. The number of nitrogens with one attached hydrogen (secondary N) is 1. The Hall–Kier alpha value is -2.15. The Balaban J connectivity index is 2.00. The van der Waals surface area contributed by atoms with Crippen LogP contribution in [-0.4, -0.2) is 32.2 Å². The van der Waals surface area contributed by atoms with Gasteiger partial charge in [-0.2, -0.15) is 0 Å². The molecule has 0 spiro atoms. The lowest BCUT2D eigenvalue weighted by atomic mass is 10.1. The van der Waals surface area contributed by atoms with Gasteiger partial charge in [0.15, 0.2) is 5.16 Å². The molecule has 1 N–H and O–H groups in total. The standard InChI is InChI=1S/C20H28N4O2S/c1-6-18(26)21-17-11-15(9-8-14(17)5)10-16(25)12-27-20-23-22-19(13(3)4)24(20)7-2/h8-9,11,13H,6-7,10,12H2,1-5H3,(H,21,26). The first-order valence-electron chi connectivity index (χ1n) is 9.32. The van der Waals surface area contributed by atoms with Crippen molar-refractivity contribution in [3.8, 4) is 0 Å². The number of carbonyl (C=O) groups excluding carboxylic acids is 2. The van der Waals surface area contributed by atoms with Crippen LogP contribution in [0.25, 0.3) is 0 Å². The summed E-state index contributed by atoms with van der Waals surface area (Å²) in [5.74, 6) is 1.68. The van der Waals surface area contributed by atoms with Crippen molar-refractivity contribution >= 4 is 29.1 Å². The molecule has 7 heteroatoms. The van der Waals surface area contributed by atoms with Crippen molar-refractivity contribution < 1.29 is 9.59 Å². The number of rotatable bonds is 9. The molecule has 1 aromatic heterocycles. The molecule has 146 valence electrons. The van der Waals surface area contributed by atoms with Crippen LogP contribution in [0.15, 0.2) is 23.4 Å². The molecule has 1 aromatic carbocycles. The number of nitrogens with zero attached hydrogens (tertiary/aromatic N) is 3. The summed E-state index contributed by atoms with van der Waals surface area (Å²) in [6.07, 6.45) is 0.759. The van der Waals surface area contributed by atoms with Crippen LogP contribution in [0.3, 0.4) is 0 Å². The number of benzene rings is 1. The lowest BCUT2D eigenvalue weighted by Gasteiger charge is -2.10. The molecule has 6 nitrogen and oxygen atoms in total. The summed E-state index contributed by atoms with van der Waals surface area (Å²) in [7, 11) is 0. The van der Waals surface area contributed by atoms with E-state index in [2.05, 4.69) is 40.9 Å². The zero-order valence-electron chi connectivity index (χ0n) is 16.7. The molecule has 0 unspecified atom stereocenters. The first kappa shape index (κ1) is 21.2. The molecule has 0 radical (unpaired) electrons. The van der Waals surface area contributed by atoms with Crippen LogP contribution in [0.5, 0.6) is 0 Å². The van der Waals surface area contributed by atoms with E-state index in [9.17, 15) is 9.59 Å². The van der Waals surface area contributed by atoms with Gasteiger partial charge >= 0.3 is 0 Å². The van der Waals surface area contributed by atoms with Gasteiger partial charge in [0.05, 0.1) is 5.75 Å². The second-order valence-corrected chi connectivity index (χ2v) is 7.74. The van der Waals surface area contributed by atoms with Crippen molar-refractivity contribution in [1.29, 1.82) is 0 Å². The summed E-state index contributed by atoms with van der Waals surface area (Å²) < 4.78 is 2.06. The quantitative estimate of drug-likeness (QED) is 0.658. The summed E-state index contributed by atoms with van der Waals surface area (Å²) in [4.78, 5) is 24.1. The lowest BCUT2D eigenvalue weighted by Crippen LogP contribution is -2.12. The maximum atomic E-state index is 12.4. The summed E-state index contributed by atoms with van der Waals surface area (Å²) in [5, 5.41) is 12.1. The highest BCUT2D eigenvalue weighted by Gasteiger charge is 2.15. The summed E-state index contributed by atoms with van der Waals surface area (Å²) in [6.45, 7) is 10.8. The minimum atomic E-state index is -0.0306. The van der Waals surface area contributed by atoms with E-state index in [1.54, 1.807) is 0 Å². The zero-order chi connectivity index (χ0) is 20.0. The van der Waals surface area contributed by atoms with Crippen molar-refractivity contribution in [3.63, 3.8) is 0 Å². The number of amides is 1. The fraction of sp³-hybridized carbons (Fsp3) is 0.500. The second-order valence-electron chi connectivity index (χ2n) is 6.79. The fourth-order valence-corrected chi connectivity index (χ4v) is 3.58. The van der Waals surface area contributed by atoms with Crippen LogP contribution in [0.2, 0.25) is 0 Å². The normalized spacial score (nSPS) is 11.0. The van der Waals surface area contributed by atoms with Crippen LogP contribution >= 0.6 is 11.8 Å². The van der Waals surface area contributed by atoms with E-state index in [1.807, 2.05) is 32.0 Å². The molecule has 1 amide bonds. The van der Waals surface area contributed by atoms with Gasteiger partial charge in [0.2, 0.25) is 5.91 Å². The largest absolute Gasteiger partial charge is 0.326 e. The molecule has 0 atom stereocenters. The first-order valence-corrected chi connectivity index (χ1v) is 10.3. The van der Waals surface area contributed by atoms with Gasteiger partial charge in [0.25, 0.3) is 0 Å². The molecular weight excluding hydrogens is 360 g/mol. The van der Waals surface area contributed by atoms with Crippen molar-refractivity contribution in [2.24, 2.45) is 0 Å². The highest BCUT2D eigenvalue weighted by Crippen LogP contribution is 2.22. The predicted molar refractivity (Wildman–Crippen MR) is 109 cm³/mol. The van der Waals surface area contributed by atoms with Crippen molar-refractivity contribution in [2.75, 3.05) is 11.1 Å². The number of ketones is 1. The van der Waals surface area contributed by atoms with Gasteiger partial charge in [-0.1, -0.05) is 44.7 Å². The van der Waals surface area contributed by atoms with E-state index >= 15 is 0 Å². The number of hydrogen-bond acceptors (Lipinski definition) is 5. The molecule has 0 saturated heterocycles. The van der Waals surface area contributed by atoms with Gasteiger partial charge in [0, 0.05) is 31.0 Å². The summed E-state index contributed by atoms with van der Waals surface area (Å²) in [5.41, 5.74) is 2.66. The molecular formula is C20H28N4O2S. The van der Waals surface area contributed by atoms with Crippen molar-refractivity contribution in [1.82, 2.24) is 14.8 Å². The van der Waals surface area contributed by atoms with E-state index in [1.165, 1.54) is 11.8 Å². The zero-order valence-corrected chi connectivity index (χ0v) is 17.5. The van der Waals surface area contributed by atoms with Crippen LogP contribution in [0.4, 0.5) is 5.69 Å². The maximum absolute atomic E-state index is 12.4. The van der Waals surface area contributed by atoms with Crippen LogP contribution in [-0.2, 0) is 22.6 Å². The molecule has 2 aromatic rings. The highest BCUT2D eigenvalue weighted by molar-refractivity contribution is 7.99. The monoisotopic (exact) mass is 388 g/mol. The SMILES string of the molecule is CCC(=O)Nc1cc(CC(=O)CSc2nnc(C(C)C)n2CC)ccc1C. The van der Waals surface area contributed by atoms with Crippen LogP contribution in [0, 0.1) is 6.92 Å². The highest BCUT2D eigenvalue weighted by atomic mass is 32.2. The number of Topliss-reactive ketones (excluding diaryl/α,β-unsaturated/α-hetero) is 1. The molecule has 0 aliphatic heterocycles. The van der Waals surface area contributed by atoms with Gasteiger partial charge in [-0.15, -0.1) is 10.2 Å². The number of aryl methyl sites for hydroxylation is 1. The van der Waals surface area contributed by atoms with E-state index in [4.69, 9.17) is 0 Å². The third-order valence-electron chi connectivity index (χ3n) is 4.24. The first-order chi connectivity index (χ1) is 12.8. The maximum Gasteiger partial charge on any atom is 0.224 e. The number of hydrogen-bond donors (Lipinski definition) is 1. The second kappa shape index (κ2) is 9.69. The third kappa shape index (κ3) is 5.66. The molecule has 0 aliphatic rings. The average Bonchev–Trinajstić information content (AvgIpc) is 3.05. The predicted octanol–water partition coefficient (Wildman–Crippen LogP) is 3.98. The fourth-order valence-electron chi connectivity index (χ4n) is 2.71. The molecule has 0 aliphatic carbocycles. The Labute approximate surface area is 165 Å². The van der Waals surface area contributed by atoms with Crippen molar-refractivity contribution in [2.45, 2.75) is 65.1 Å². The Morgan fingerprint density at radius 1 is 1.22 bits per heavy atom. The summed E-state index contributed by atoms with van der Waals surface area (Å²) in [6, 6.07) is 5.76. The van der Waals surface area contributed by atoms with E-state index in [0.717, 1.165) is 34.3 Å². The topological polar surface area (TPSA) is 76.9 Å². The van der Waals surface area contributed by atoms with Gasteiger partial charge in [-0.05, 0) is 31.0 Å². The van der Waals surface area contributed by atoms with Crippen molar-refractivity contribution in [3.05, 3.63) is 35.2 Å². The smallest absolute Gasteiger partial charge is 0.224 e. The average molecular weight is 389 g/mol. The van der Waals surface area contributed by atoms with Gasteiger partial charge < -0.3 is 9.88 Å².